The van der Waals surface area contributed by atoms with Crippen molar-refractivity contribution in [2.24, 2.45) is 0 Å². The van der Waals surface area contributed by atoms with Crippen molar-refractivity contribution in [2.45, 2.75) is 25.9 Å². The van der Waals surface area contributed by atoms with Crippen molar-refractivity contribution in [3.63, 3.8) is 0 Å². The van der Waals surface area contributed by atoms with Gasteiger partial charge in [0.15, 0.2) is 0 Å². The second-order valence-electron chi connectivity index (χ2n) is 5.57. The van der Waals surface area contributed by atoms with Gasteiger partial charge in [-0.3, -0.25) is 0 Å². The van der Waals surface area contributed by atoms with E-state index in [4.69, 9.17) is 4.74 Å². The van der Waals surface area contributed by atoms with Crippen LogP contribution < -0.4 is 10.1 Å². The molecule has 0 aliphatic rings. The first kappa shape index (κ1) is 16.5. The molecule has 3 nitrogen and oxygen atoms in total. The highest BCUT2D eigenvalue weighted by molar-refractivity contribution is 5.27. The number of aliphatic hydroxyl groups excluding tert-OH is 1. The third-order valence-electron chi connectivity index (χ3n) is 3.47. The third kappa shape index (κ3) is 6.29. The second-order valence-corrected chi connectivity index (χ2v) is 5.57. The van der Waals surface area contributed by atoms with Crippen molar-refractivity contribution in [3.05, 3.63) is 65.7 Å². The summed E-state index contributed by atoms with van der Waals surface area (Å²) >= 11 is 0. The number of benzene rings is 2. The summed E-state index contributed by atoms with van der Waals surface area (Å²) in [4.78, 5) is 0. The zero-order valence-corrected chi connectivity index (χ0v) is 13.2. The summed E-state index contributed by atoms with van der Waals surface area (Å²) in [6.07, 6.45) is 1.64. The number of hydrogen-bond acceptors (Lipinski definition) is 3. The Kier molecular flexibility index (Phi) is 6.94. The number of hydrogen-bond donors (Lipinski definition) is 2. The van der Waals surface area contributed by atoms with Crippen molar-refractivity contribution < 1.29 is 9.84 Å². The maximum absolute atomic E-state index is 9.91. The van der Waals surface area contributed by atoms with Crippen LogP contribution in [-0.2, 0) is 6.42 Å². The van der Waals surface area contributed by atoms with E-state index in [-0.39, 0.29) is 0 Å². The highest BCUT2D eigenvalue weighted by atomic mass is 16.5. The van der Waals surface area contributed by atoms with Crippen LogP contribution in [0.15, 0.2) is 54.6 Å². The number of ether oxygens (including phenoxy) is 1. The molecule has 22 heavy (non-hydrogen) atoms. The first-order chi connectivity index (χ1) is 10.7. The van der Waals surface area contributed by atoms with Gasteiger partial charge >= 0.3 is 0 Å². The zero-order chi connectivity index (χ0) is 15.6. The fraction of sp³-hybridized carbons (Fsp3) is 0.368. The average molecular weight is 299 g/mol. The van der Waals surface area contributed by atoms with E-state index in [1.165, 1.54) is 5.56 Å². The van der Waals surface area contributed by atoms with E-state index in [1.807, 2.05) is 37.3 Å². The van der Waals surface area contributed by atoms with Gasteiger partial charge in [0.2, 0.25) is 0 Å². The van der Waals surface area contributed by atoms with Gasteiger partial charge in [0.05, 0.1) is 0 Å². The predicted molar refractivity (Wildman–Crippen MR) is 90.3 cm³/mol. The van der Waals surface area contributed by atoms with Gasteiger partial charge in [0, 0.05) is 6.54 Å². The van der Waals surface area contributed by atoms with Crippen LogP contribution in [0.4, 0.5) is 0 Å². The van der Waals surface area contributed by atoms with Gasteiger partial charge in [-0.1, -0.05) is 42.5 Å². The molecule has 2 aromatic rings. The topological polar surface area (TPSA) is 41.5 Å². The minimum absolute atomic E-state index is 0.315. The van der Waals surface area contributed by atoms with E-state index in [0.29, 0.717) is 13.2 Å². The third-order valence-corrected chi connectivity index (χ3v) is 3.47. The molecule has 2 rings (SSSR count). The van der Waals surface area contributed by atoms with Gasteiger partial charge < -0.3 is 15.2 Å². The van der Waals surface area contributed by atoms with Crippen LogP contribution >= 0.6 is 0 Å². The zero-order valence-electron chi connectivity index (χ0n) is 13.2. The molecule has 0 aromatic heterocycles. The van der Waals surface area contributed by atoms with Crippen LogP contribution in [0, 0.1) is 6.92 Å². The molecule has 0 spiro atoms. The van der Waals surface area contributed by atoms with E-state index in [0.717, 1.165) is 30.7 Å². The molecule has 0 aliphatic carbocycles. The lowest BCUT2D eigenvalue weighted by molar-refractivity contribution is 0.106. The van der Waals surface area contributed by atoms with Crippen LogP contribution in [0.25, 0.3) is 0 Å². The van der Waals surface area contributed by atoms with Crippen molar-refractivity contribution in [1.82, 2.24) is 5.32 Å². The molecule has 0 heterocycles. The summed E-state index contributed by atoms with van der Waals surface area (Å²) in [5, 5.41) is 13.2. The fourth-order valence-electron chi connectivity index (χ4n) is 2.29. The average Bonchev–Trinajstić information content (AvgIpc) is 2.54. The van der Waals surface area contributed by atoms with Gasteiger partial charge in [-0.05, 0) is 49.6 Å². The van der Waals surface area contributed by atoms with Gasteiger partial charge in [0.25, 0.3) is 0 Å². The second kappa shape index (κ2) is 9.23. The quantitative estimate of drug-likeness (QED) is 0.700. The monoisotopic (exact) mass is 299 g/mol. The molecule has 0 aliphatic heterocycles. The largest absolute Gasteiger partial charge is 0.491 e. The number of nitrogens with one attached hydrogen (secondary N) is 1. The lowest BCUT2D eigenvalue weighted by Crippen LogP contribution is -2.32. The molecule has 0 radical (unpaired) electrons. The summed E-state index contributed by atoms with van der Waals surface area (Å²) in [5.74, 6) is 0.808. The minimum atomic E-state index is -0.489. The molecule has 2 aromatic carbocycles. The molecule has 0 unspecified atom stereocenters. The number of aliphatic hydroxyl groups is 1. The molecule has 0 fully saturated rings. The standard InChI is InChI=1S/C19H25NO2/c1-16-7-5-11-19(13-16)22-15-18(21)14-20-12-6-10-17-8-3-2-4-9-17/h2-5,7-9,11,13,18,20-21H,6,10,12,14-15H2,1H3/t18-/m1/s1. The van der Waals surface area contributed by atoms with Crippen molar-refractivity contribution in [3.8, 4) is 5.75 Å². The highest BCUT2D eigenvalue weighted by Crippen LogP contribution is 2.12. The van der Waals surface area contributed by atoms with Crippen LogP contribution in [0.1, 0.15) is 17.5 Å². The Balaban J connectivity index is 1.55. The molecule has 1 atom stereocenters. The Morgan fingerprint density at radius 1 is 1.09 bits per heavy atom. The predicted octanol–water partition coefficient (Wildman–Crippen LogP) is 2.96. The van der Waals surface area contributed by atoms with Gasteiger partial charge in [-0.2, -0.15) is 0 Å². The Morgan fingerprint density at radius 2 is 1.91 bits per heavy atom. The van der Waals surface area contributed by atoms with E-state index < -0.39 is 6.10 Å². The minimum Gasteiger partial charge on any atom is -0.491 e. The number of rotatable bonds is 9. The Morgan fingerprint density at radius 3 is 2.68 bits per heavy atom. The molecule has 0 saturated carbocycles. The smallest absolute Gasteiger partial charge is 0.119 e. The summed E-state index contributed by atoms with van der Waals surface area (Å²) < 4.78 is 5.58. The number of aryl methyl sites for hydroxylation is 2. The van der Waals surface area contributed by atoms with Crippen molar-refractivity contribution in [2.75, 3.05) is 19.7 Å². The lowest BCUT2D eigenvalue weighted by Gasteiger charge is -2.13. The first-order valence-corrected chi connectivity index (χ1v) is 7.86. The van der Waals surface area contributed by atoms with Crippen molar-refractivity contribution >= 4 is 0 Å². The van der Waals surface area contributed by atoms with Crippen LogP contribution in [0.3, 0.4) is 0 Å². The van der Waals surface area contributed by atoms with Gasteiger partial charge in [-0.15, -0.1) is 0 Å². The normalized spacial score (nSPS) is 12.1. The van der Waals surface area contributed by atoms with E-state index in [2.05, 4.69) is 29.6 Å². The molecule has 0 saturated heterocycles. The SMILES string of the molecule is Cc1cccc(OC[C@H](O)CNCCCc2ccccc2)c1. The maximum Gasteiger partial charge on any atom is 0.119 e. The molecule has 3 heteroatoms. The molecule has 2 N–H and O–H groups in total. The summed E-state index contributed by atoms with van der Waals surface area (Å²) in [6, 6.07) is 18.3. The highest BCUT2D eigenvalue weighted by Gasteiger charge is 2.04. The van der Waals surface area contributed by atoms with Crippen LogP contribution in [0.2, 0.25) is 0 Å². The summed E-state index contributed by atoms with van der Waals surface area (Å²) in [5.41, 5.74) is 2.51. The van der Waals surface area contributed by atoms with E-state index >= 15 is 0 Å². The Hall–Kier alpha value is -1.84. The Bertz CT molecular complexity index is 542. The summed E-state index contributed by atoms with van der Waals surface area (Å²) in [7, 11) is 0. The fourth-order valence-corrected chi connectivity index (χ4v) is 2.29. The Labute approximate surface area is 133 Å². The first-order valence-electron chi connectivity index (χ1n) is 7.86. The van der Waals surface area contributed by atoms with Gasteiger partial charge in [-0.25, -0.2) is 0 Å². The molecule has 118 valence electrons. The van der Waals surface area contributed by atoms with Crippen LogP contribution in [0.5, 0.6) is 5.75 Å². The van der Waals surface area contributed by atoms with Crippen molar-refractivity contribution in [1.29, 1.82) is 0 Å². The summed E-state index contributed by atoms with van der Waals surface area (Å²) in [6.45, 7) is 3.80. The van der Waals surface area contributed by atoms with Crippen LogP contribution in [-0.4, -0.2) is 30.9 Å². The lowest BCUT2D eigenvalue weighted by atomic mass is 10.1. The van der Waals surface area contributed by atoms with E-state index in [9.17, 15) is 5.11 Å². The molecule has 0 bridgehead atoms. The molecular formula is C19H25NO2. The maximum atomic E-state index is 9.91. The van der Waals surface area contributed by atoms with E-state index in [1.54, 1.807) is 0 Å². The molecule has 0 amide bonds. The molecular weight excluding hydrogens is 274 g/mol. The van der Waals surface area contributed by atoms with Gasteiger partial charge in [0.1, 0.15) is 18.5 Å².